The fraction of sp³-hybridized carbons (Fsp3) is 0.821. The van der Waals surface area contributed by atoms with E-state index in [0.29, 0.717) is 24.2 Å². The number of aliphatic hydroxyl groups excluding tert-OH is 2. The first kappa shape index (κ1) is 25.1. The summed E-state index contributed by atoms with van der Waals surface area (Å²) < 4.78 is 0. The van der Waals surface area contributed by atoms with Crippen LogP contribution in [-0.4, -0.2) is 49.6 Å². The second-order valence-electron chi connectivity index (χ2n) is 12.9. The molecule has 5 heteroatoms. The van der Waals surface area contributed by atoms with Gasteiger partial charge in [-0.25, -0.2) is 0 Å². The summed E-state index contributed by atoms with van der Waals surface area (Å²) in [5.41, 5.74) is -1.73. The Balaban J connectivity index is 1.56. The average molecular weight is 461 g/mol. The molecule has 4 rings (SSSR count). The van der Waals surface area contributed by atoms with Crippen molar-refractivity contribution in [2.24, 2.45) is 40.4 Å². The van der Waals surface area contributed by atoms with E-state index in [0.717, 1.165) is 31.3 Å². The van der Waals surface area contributed by atoms with E-state index in [9.17, 15) is 25.2 Å². The van der Waals surface area contributed by atoms with E-state index in [1.807, 2.05) is 0 Å². The number of ketones is 1. The van der Waals surface area contributed by atoms with Crippen LogP contribution < -0.4 is 0 Å². The van der Waals surface area contributed by atoms with Gasteiger partial charge in [-0.05, 0) is 100 Å². The molecular formula is C28H44O5. The van der Waals surface area contributed by atoms with Crippen LogP contribution in [0.5, 0.6) is 0 Å². The zero-order valence-corrected chi connectivity index (χ0v) is 21.2. The first-order valence-electron chi connectivity index (χ1n) is 12.9. The Hall–Kier alpha value is -1.01. The minimum Gasteiger partial charge on any atom is -0.393 e. The highest BCUT2D eigenvalue weighted by molar-refractivity contribution is 6.01. The lowest BCUT2D eigenvalue weighted by Crippen LogP contribution is -2.55. The molecule has 0 spiro atoms. The van der Waals surface area contributed by atoms with Crippen LogP contribution in [0.3, 0.4) is 0 Å². The quantitative estimate of drug-likeness (QED) is 0.500. The Kier molecular flexibility index (Phi) is 6.09. The van der Waals surface area contributed by atoms with E-state index in [1.54, 1.807) is 32.9 Å². The van der Waals surface area contributed by atoms with Crippen LogP contribution in [0.15, 0.2) is 23.8 Å². The first-order chi connectivity index (χ1) is 15.1. The van der Waals surface area contributed by atoms with Crippen LogP contribution in [0.1, 0.15) is 80.1 Å². The van der Waals surface area contributed by atoms with Gasteiger partial charge in [0.2, 0.25) is 0 Å². The maximum absolute atomic E-state index is 12.0. The van der Waals surface area contributed by atoms with E-state index in [1.165, 1.54) is 0 Å². The SMILES string of the molecule is C[C@H]([C@H](O)C[C@@](C)(O)C(C)(C)O)[C@H]1CC[C@@H]2[C@H]3[C@H](O)CC4=CC(=O)C=C[C@@]4(C)[C@H]3CC[C@@]12C. The van der Waals surface area contributed by atoms with E-state index in [4.69, 9.17) is 0 Å². The van der Waals surface area contributed by atoms with Gasteiger partial charge < -0.3 is 20.4 Å². The maximum Gasteiger partial charge on any atom is 0.178 e. The molecule has 0 saturated heterocycles. The Morgan fingerprint density at radius 2 is 1.79 bits per heavy atom. The molecule has 4 aliphatic carbocycles. The molecule has 0 bridgehead atoms. The van der Waals surface area contributed by atoms with Crippen LogP contribution in [0.4, 0.5) is 0 Å². The molecule has 33 heavy (non-hydrogen) atoms. The smallest absolute Gasteiger partial charge is 0.178 e. The van der Waals surface area contributed by atoms with E-state index in [-0.39, 0.29) is 34.9 Å². The van der Waals surface area contributed by atoms with Crippen LogP contribution >= 0.6 is 0 Å². The summed E-state index contributed by atoms with van der Waals surface area (Å²) in [6, 6.07) is 0. The highest BCUT2D eigenvalue weighted by Gasteiger charge is 2.61. The van der Waals surface area contributed by atoms with Gasteiger partial charge >= 0.3 is 0 Å². The zero-order chi connectivity index (χ0) is 24.6. The highest BCUT2D eigenvalue weighted by Crippen LogP contribution is 2.67. The maximum atomic E-state index is 12.0. The predicted molar refractivity (Wildman–Crippen MR) is 128 cm³/mol. The second-order valence-corrected chi connectivity index (χ2v) is 12.9. The summed E-state index contributed by atoms with van der Waals surface area (Å²) >= 11 is 0. The van der Waals surface area contributed by atoms with Crippen molar-refractivity contribution in [1.29, 1.82) is 0 Å². The summed E-state index contributed by atoms with van der Waals surface area (Å²) in [5, 5.41) is 43.5. The molecule has 0 aromatic carbocycles. The Bertz CT molecular complexity index is 851. The average Bonchev–Trinajstić information content (AvgIpc) is 3.04. The van der Waals surface area contributed by atoms with Gasteiger partial charge in [0.05, 0.1) is 23.4 Å². The van der Waals surface area contributed by atoms with E-state index >= 15 is 0 Å². The molecule has 3 saturated carbocycles. The van der Waals surface area contributed by atoms with Crippen LogP contribution in [0, 0.1) is 40.4 Å². The van der Waals surface area contributed by atoms with Crippen molar-refractivity contribution in [3.63, 3.8) is 0 Å². The molecule has 0 radical (unpaired) electrons. The summed E-state index contributed by atoms with van der Waals surface area (Å²) in [4.78, 5) is 12.0. The molecular weight excluding hydrogens is 416 g/mol. The monoisotopic (exact) mass is 460 g/mol. The molecule has 186 valence electrons. The lowest BCUT2D eigenvalue weighted by molar-refractivity contribution is -0.149. The third-order valence-corrected chi connectivity index (χ3v) is 10.8. The molecule has 4 aliphatic rings. The van der Waals surface area contributed by atoms with Gasteiger partial charge in [0, 0.05) is 11.8 Å². The molecule has 0 unspecified atom stereocenters. The van der Waals surface area contributed by atoms with Crippen molar-refractivity contribution >= 4 is 5.78 Å². The lowest BCUT2D eigenvalue weighted by Gasteiger charge is -2.59. The lowest BCUT2D eigenvalue weighted by atomic mass is 9.46. The molecule has 5 nitrogen and oxygen atoms in total. The molecule has 0 aromatic heterocycles. The van der Waals surface area contributed by atoms with Crippen LogP contribution in [0.25, 0.3) is 0 Å². The Labute approximate surface area is 199 Å². The van der Waals surface area contributed by atoms with Crippen molar-refractivity contribution in [3.05, 3.63) is 23.8 Å². The number of hydrogen-bond donors (Lipinski definition) is 4. The standard InChI is InChI=1S/C28H44O5/c1-16(23(31)15-28(6,33)25(2,3)32)19-7-8-20-24-21(10-12-27(19,20)5)26(4)11-9-18(29)13-17(26)14-22(24)30/h9,11,13,16,19-24,30-33H,7-8,10,12,14-15H2,1-6H3/t16-,19+,20+,21-,22+,23+,24+,26+,27-,28+/m0/s1. The van der Waals surface area contributed by atoms with Crippen LogP contribution in [-0.2, 0) is 4.79 Å². The summed E-state index contributed by atoms with van der Waals surface area (Å²) in [6.45, 7) is 11.4. The van der Waals surface area contributed by atoms with Crippen molar-refractivity contribution in [2.45, 2.75) is 103 Å². The molecule has 0 aliphatic heterocycles. The first-order valence-corrected chi connectivity index (χ1v) is 12.9. The zero-order valence-electron chi connectivity index (χ0n) is 21.2. The Morgan fingerprint density at radius 3 is 2.42 bits per heavy atom. The summed E-state index contributed by atoms with van der Waals surface area (Å²) in [6.07, 6.45) is 9.19. The minimum atomic E-state index is -1.38. The van der Waals surface area contributed by atoms with Crippen molar-refractivity contribution < 1.29 is 25.2 Å². The van der Waals surface area contributed by atoms with Crippen molar-refractivity contribution in [1.82, 2.24) is 0 Å². The topological polar surface area (TPSA) is 98.0 Å². The number of fused-ring (bicyclic) bond motifs is 5. The van der Waals surface area contributed by atoms with Gasteiger partial charge in [0.25, 0.3) is 0 Å². The summed E-state index contributed by atoms with van der Waals surface area (Å²) in [7, 11) is 0. The number of hydrogen-bond acceptors (Lipinski definition) is 5. The highest BCUT2D eigenvalue weighted by atomic mass is 16.4. The van der Waals surface area contributed by atoms with Crippen molar-refractivity contribution in [2.75, 3.05) is 0 Å². The number of allylic oxidation sites excluding steroid dienone is 3. The third kappa shape index (κ3) is 3.87. The number of rotatable bonds is 5. The number of aliphatic hydroxyl groups is 4. The second kappa shape index (κ2) is 8.01. The normalized spacial score (nSPS) is 44.2. The molecule has 0 aromatic rings. The van der Waals surface area contributed by atoms with Gasteiger partial charge in [0.1, 0.15) is 0 Å². The fourth-order valence-electron chi connectivity index (χ4n) is 8.19. The number of carbonyl (C=O) groups excluding carboxylic acids is 1. The number of carbonyl (C=O) groups is 1. The van der Waals surface area contributed by atoms with Gasteiger partial charge in [-0.3, -0.25) is 4.79 Å². The van der Waals surface area contributed by atoms with Gasteiger partial charge in [0.15, 0.2) is 5.78 Å². The molecule has 0 amide bonds. The van der Waals surface area contributed by atoms with Crippen LogP contribution in [0.2, 0.25) is 0 Å². The minimum absolute atomic E-state index is 0.00986. The Morgan fingerprint density at radius 1 is 1.12 bits per heavy atom. The predicted octanol–water partition coefficient (Wildman–Crippen LogP) is 3.79. The molecule has 3 fully saturated rings. The fourth-order valence-corrected chi connectivity index (χ4v) is 8.19. The van der Waals surface area contributed by atoms with E-state index in [2.05, 4.69) is 26.8 Å². The largest absolute Gasteiger partial charge is 0.393 e. The molecule has 10 atom stereocenters. The van der Waals surface area contributed by atoms with Crippen molar-refractivity contribution in [3.8, 4) is 0 Å². The van der Waals surface area contributed by atoms with Gasteiger partial charge in [-0.2, -0.15) is 0 Å². The van der Waals surface area contributed by atoms with Gasteiger partial charge in [-0.1, -0.05) is 32.4 Å². The third-order valence-electron chi connectivity index (χ3n) is 10.8. The van der Waals surface area contributed by atoms with E-state index < -0.39 is 23.4 Å². The van der Waals surface area contributed by atoms with Gasteiger partial charge in [-0.15, -0.1) is 0 Å². The molecule has 4 N–H and O–H groups in total. The molecule has 0 heterocycles. The summed E-state index contributed by atoms with van der Waals surface area (Å²) in [5.74, 6) is 1.22.